The van der Waals surface area contributed by atoms with Crippen molar-refractivity contribution in [3.63, 3.8) is 0 Å². The Morgan fingerprint density at radius 1 is 1.47 bits per heavy atom. The van der Waals surface area contributed by atoms with Gasteiger partial charge in [0.2, 0.25) is 0 Å². The summed E-state index contributed by atoms with van der Waals surface area (Å²) in [7, 11) is 0.733. The number of alkyl halides is 2. The van der Waals surface area contributed by atoms with Crippen molar-refractivity contribution in [2.75, 3.05) is 0 Å². The summed E-state index contributed by atoms with van der Waals surface area (Å²) in [4.78, 5) is 2.57. The summed E-state index contributed by atoms with van der Waals surface area (Å²) in [6.07, 6.45) is -3.05. The van der Waals surface area contributed by atoms with Crippen molar-refractivity contribution in [2.24, 2.45) is 0 Å². The molecule has 0 aliphatic carbocycles. The van der Waals surface area contributed by atoms with Crippen LogP contribution in [0.5, 0.6) is 0 Å². The summed E-state index contributed by atoms with van der Waals surface area (Å²) in [5, 5.41) is -0.185. The van der Waals surface area contributed by atoms with E-state index in [1.54, 1.807) is 22.6 Å². The first-order valence-electron chi connectivity index (χ1n) is 3.32. The molecule has 84 valence electrons. The summed E-state index contributed by atoms with van der Waals surface area (Å²) in [6.45, 7) is 0. The van der Waals surface area contributed by atoms with E-state index < -0.39 is 26.1 Å². The Hall–Kier alpha value is 0.270. The van der Waals surface area contributed by atoms with Gasteiger partial charge >= 0.3 is 0 Å². The normalized spacial score (nSPS) is 12.1. The number of rotatable bonds is 2. The van der Waals surface area contributed by atoms with Crippen LogP contribution in [0.15, 0.2) is 11.0 Å². The van der Waals surface area contributed by atoms with Crippen molar-refractivity contribution < 1.29 is 17.2 Å². The smallest absolute Gasteiger partial charge is 0.233 e. The summed E-state index contributed by atoms with van der Waals surface area (Å²) in [5.74, 6) is 0. The minimum Gasteiger partial charge on any atom is -0.233 e. The third kappa shape index (κ3) is 3.11. The first kappa shape index (κ1) is 13.3. The molecule has 0 aliphatic rings. The molecule has 0 bridgehead atoms. The second kappa shape index (κ2) is 4.64. The van der Waals surface area contributed by atoms with Crippen LogP contribution in [0.25, 0.3) is 0 Å². The lowest BCUT2D eigenvalue weighted by molar-refractivity contribution is 0.142. The lowest BCUT2D eigenvalue weighted by atomic mass is 10.3. The summed E-state index contributed by atoms with van der Waals surface area (Å²) < 4.78 is 47.0. The van der Waals surface area contributed by atoms with Gasteiger partial charge in [0.25, 0.3) is 15.5 Å². The molecule has 0 unspecified atom stereocenters. The van der Waals surface area contributed by atoms with Crippen molar-refractivity contribution in [2.45, 2.75) is 11.3 Å². The first-order valence-corrected chi connectivity index (χ1v) is 7.09. The molecule has 1 aromatic heterocycles. The number of pyridine rings is 1. The largest absolute Gasteiger partial charge is 0.281 e. The standard InChI is InChI=1S/C6H2Cl2F2INO2S/c7-5-2(11)1-3(15(8,13)14)4(12-5)6(9)10/h1,6H. The Kier molecular flexibility index (Phi) is 4.13. The van der Waals surface area contributed by atoms with Gasteiger partial charge in [-0.05, 0) is 28.7 Å². The Morgan fingerprint density at radius 3 is 2.40 bits per heavy atom. The molecule has 15 heavy (non-hydrogen) atoms. The maximum absolute atomic E-state index is 12.4. The van der Waals surface area contributed by atoms with Gasteiger partial charge in [0.05, 0.1) is 3.57 Å². The number of hydrogen-bond donors (Lipinski definition) is 0. The molecule has 0 spiro atoms. The Morgan fingerprint density at radius 2 is 2.00 bits per heavy atom. The van der Waals surface area contributed by atoms with E-state index in [1.165, 1.54) is 0 Å². The lowest BCUT2D eigenvalue weighted by Gasteiger charge is -2.06. The zero-order valence-corrected chi connectivity index (χ0v) is 11.2. The highest BCUT2D eigenvalue weighted by Crippen LogP contribution is 2.31. The zero-order chi connectivity index (χ0) is 11.8. The van der Waals surface area contributed by atoms with Crippen LogP contribution in [0.1, 0.15) is 12.1 Å². The van der Waals surface area contributed by atoms with E-state index in [0.717, 1.165) is 6.07 Å². The van der Waals surface area contributed by atoms with Gasteiger partial charge < -0.3 is 0 Å². The van der Waals surface area contributed by atoms with E-state index in [1.807, 2.05) is 0 Å². The van der Waals surface area contributed by atoms with Gasteiger partial charge in [-0.15, -0.1) is 0 Å². The average Bonchev–Trinajstić information content (AvgIpc) is 2.06. The van der Waals surface area contributed by atoms with Crippen LogP contribution < -0.4 is 0 Å². The molecule has 0 aromatic carbocycles. The van der Waals surface area contributed by atoms with E-state index in [4.69, 9.17) is 22.3 Å². The Labute approximate surface area is 107 Å². The molecule has 9 heteroatoms. The highest BCUT2D eigenvalue weighted by Gasteiger charge is 2.25. The minimum atomic E-state index is -4.25. The monoisotopic (exact) mass is 387 g/mol. The second-order valence-electron chi connectivity index (χ2n) is 2.38. The quantitative estimate of drug-likeness (QED) is 0.444. The molecule has 3 nitrogen and oxygen atoms in total. The van der Waals surface area contributed by atoms with Gasteiger partial charge in [-0.25, -0.2) is 22.2 Å². The second-order valence-corrected chi connectivity index (χ2v) is 6.44. The number of hydrogen-bond acceptors (Lipinski definition) is 3. The predicted molar refractivity (Wildman–Crippen MR) is 60.0 cm³/mol. The Balaban J connectivity index is 3.56. The number of aromatic nitrogens is 1. The molecule has 1 heterocycles. The predicted octanol–water partition coefficient (Wildman–Crippen LogP) is 3.20. The fourth-order valence-electron chi connectivity index (χ4n) is 0.814. The third-order valence-electron chi connectivity index (χ3n) is 1.40. The van der Waals surface area contributed by atoms with Crippen molar-refractivity contribution in [3.8, 4) is 0 Å². The van der Waals surface area contributed by atoms with E-state index in [-0.39, 0.29) is 8.72 Å². The maximum atomic E-state index is 12.4. The van der Waals surface area contributed by atoms with Crippen molar-refractivity contribution in [1.29, 1.82) is 0 Å². The van der Waals surface area contributed by atoms with Crippen LogP contribution in [0.2, 0.25) is 5.15 Å². The molecule has 1 aromatic rings. The molecule has 0 saturated heterocycles. The molecular weight excluding hydrogens is 386 g/mol. The molecular formula is C6H2Cl2F2INO2S. The average molecular weight is 388 g/mol. The Bertz CT molecular complexity index is 494. The molecule has 0 saturated carbocycles. The third-order valence-corrected chi connectivity index (χ3v) is 4.18. The van der Waals surface area contributed by atoms with Crippen LogP contribution in [0.3, 0.4) is 0 Å². The molecule has 0 amide bonds. The molecule has 0 N–H and O–H groups in total. The molecule has 0 atom stereocenters. The van der Waals surface area contributed by atoms with Gasteiger partial charge in [0, 0.05) is 10.7 Å². The van der Waals surface area contributed by atoms with Gasteiger partial charge in [-0.1, -0.05) is 11.6 Å². The van der Waals surface area contributed by atoms with Crippen LogP contribution in [0, 0.1) is 3.57 Å². The summed E-state index contributed by atoms with van der Waals surface area (Å²) in [5.41, 5.74) is -0.935. The van der Waals surface area contributed by atoms with Crippen molar-refractivity contribution >= 4 is 53.9 Å². The fourth-order valence-corrected chi connectivity index (χ4v) is 2.62. The highest BCUT2D eigenvalue weighted by atomic mass is 127. The van der Waals surface area contributed by atoms with Crippen LogP contribution in [0.4, 0.5) is 8.78 Å². The molecule has 0 fully saturated rings. The highest BCUT2D eigenvalue weighted by molar-refractivity contribution is 14.1. The van der Waals surface area contributed by atoms with Crippen LogP contribution in [-0.4, -0.2) is 13.4 Å². The van der Waals surface area contributed by atoms with Gasteiger partial charge in [-0.3, -0.25) is 0 Å². The first-order chi connectivity index (χ1) is 6.73. The van der Waals surface area contributed by atoms with E-state index in [2.05, 4.69) is 4.98 Å². The summed E-state index contributed by atoms with van der Waals surface area (Å²) in [6, 6.07) is 0.958. The zero-order valence-electron chi connectivity index (χ0n) is 6.72. The lowest BCUT2D eigenvalue weighted by Crippen LogP contribution is -2.03. The van der Waals surface area contributed by atoms with E-state index in [9.17, 15) is 17.2 Å². The molecule has 0 radical (unpaired) electrons. The van der Waals surface area contributed by atoms with E-state index >= 15 is 0 Å². The van der Waals surface area contributed by atoms with Gasteiger partial charge in [-0.2, -0.15) is 0 Å². The molecule has 0 aliphatic heterocycles. The number of halogens is 5. The van der Waals surface area contributed by atoms with Crippen LogP contribution >= 0.6 is 44.9 Å². The van der Waals surface area contributed by atoms with Crippen molar-refractivity contribution in [1.82, 2.24) is 4.98 Å². The van der Waals surface area contributed by atoms with E-state index in [0.29, 0.717) is 0 Å². The van der Waals surface area contributed by atoms with Crippen LogP contribution in [-0.2, 0) is 9.05 Å². The molecule has 1 rings (SSSR count). The summed E-state index contributed by atoms with van der Waals surface area (Å²) >= 11 is 7.16. The van der Waals surface area contributed by atoms with Gasteiger partial charge in [0.15, 0.2) is 0 Å². The fraction of sp³-hybridized carbons (Fsp3) is 0.167. The maximum Gasteiger partial charge on any atom is 0.281 e. The van der Waals surface area contributed by atoms with Crippen molar-refractivity contribution in [3.05, 3.63) is 20.5 Å². The topological polar surface area (TPSA) is 47.0 Å². The minimum absolute atomic E-state index is 0.185. The van der Waals surface area contributed by atoms with Gasteiger partial charge in [0.1, 0.15) is 15.7 Å². The SMILES string of the molecule is O=S(=O)(Cl)c1cc(I)c(Cl)nc1C(F)F. The number of nitrogens with zero attached hydrogens (tertiary/aromatic N) is 1.